The third-order valence-electron chi connectivity index (χ3n) is 1.94. The summed E-state index contributed by atoms with van der Waals surface area (Å²) in [5.41, 5.74) is 0.783. The normalized spacial score (nSPS) is 11.1. The number of aromatic nitrogens is 1. The molecule has 0 fully saturated rings. The quantitative estimate of drug-likeness (QED) is 0.345. The van der Waals surface area contributed by atoms with E-state index >= 15 is 0 Å². The van der Waals surface area contributed by atoms with E-state index in [0.717, 1.165) is 6.20 Å². The number of hydrogen-bond donors (Lipinski definition) is 0. The molecule has 1 aromatic rings. The molecule has 1 rings (SSSR count). The maximum atomic E-state index is 11.3. The van der Waals surface area contributed by atoms with Crippen molar-refractivity contribution < 1.29 is 14.5 Å². The third kappa shape index (κ3) is 3.67. The molecule has 1 heterocycles. The Morgan fingerprint density at radius 2 is 2.29 bits per heavy atom. The van der Waals surface area contributed by atoms with Crippen LogP contribution in [0.2, 0.25) is 0 Å². The van der Waals surface area contributed by atoms with Gasteiger partial charge in [0.2, 0.25) is 0 Å². The van der Waals surface area contributed by atoms with Crippen LogP contribution in [0.1, 0.15) is 19.5 Å². The van der Waals surface area contributed by atoms with Crippen LogP contribution < -0.4 is 0 Å². The summed E-state index contributed by atoms with van der Waals surface area (Å²) in [7, 11) is 0. The fourth-order valence-corrected chi connectivity index (χ4v) is 1.12. The number of nitro groups is 1. The first-order chi connectivity index (χ1) is 8.04. The van der Waals surface area contributed by atoms with E-state index in [2.05, 4.69) is 4.98 Å². The van der Waals surface area contributed by atoms with E-state index in [9.17, 15) is 14.9 Å². The van der Waals surface area contributed by atoms with Crippen LogP contribution in [0.25, 0.3) is 6.08 Å². The van der Waals surface area contributed by atoms with Crippen LogP contribution in [0.5, 0.6) is 0 Å². The predicted octanol–water partition coefficient (Wildman–Crippen LogP) is 1.96. The van der Waals surface area contributed by atoms with Crippen molar-refractivity contribution in [1.82, 2.24) is 4.98 Å². The van der Waals surface area contributed by atoms with Gasteiger partial charge < -0.3 is 4.74 Å². The molecule has 0 aromatic carbocycles. The second-order valence-electron chi connectivity index (χ2n) is 3.25. The lowest BCUT2D eigenvalue weighted by atomic mass is 10.2. The number of rotatable bonds is 4. The number of carbonyl (C=O) groups is 1. The molecule has 17 heavy (non-hydrogen) atoms. The van der Waals surface area contributed by atoms with Gasteiger partial charge in [-0.25, -0.2) is 9.78 Å². The molecule has 0 amide bonds. The Morgan fingerprint density at radius 1 is 1.59 bits per heavy atom. The van der Waals surface area contributed by atoms with E-state index in [4.69, 9.17) is 4.74 Å². The number of nitrogens with zero attached hydrogens (tertiary/aromatic N) is 2. The van der Waals surface area contributed by atoms with Crippen LogP contribution in [0.15, 0.2) is 23.9 Å². The Labute approximate surface area is 98.1 Å². The smallest absolute Gasteiger partial charge is 0.333 e. The van der Waals surface area contributed by atoms with Crippen LogP contribution in [-0.4, -0.2) is 22.5 Å². The summed E-state index contributed by atoms with van der Waals surface area (Å²) in [5, 5.41) is 10.4. The molecule has 0 atom stereocenters. The monoisotopic (exact) mass is 236 g/mol. The minimum Gasteiger partial charge on any atom is -0.463 e. The molecule has 6 heteroatoms. The lowest BCUT2D eigenvalue weighted by Crippen LogP contribution is -2.05. The fourth-order valence-electron chi connectivity index (χ4n) is 1.12. The topological polar surface area (TPSA) is 82.3 Å². The number of ether oxygens (including phenoxy) is 1. The minimum atomic E-state index is -0.529. The molecule has 0 spiro atoms. The van der Waals surface area contributed by atoms with Gasteiger partial charge in [-0.3, -0.25) is 10.1 Å². The fraction of sp³-hybridized carbons (Fsp3) is 0.273. The molecular formula is C11H12N2O4. The molecule has 0 N–H and O–H groups in total. The number of hydrogen-bond acceptors (Lipinski definition) is 5. The van der Waals surface area contributed by atoms with Crippen molar-refractivity contribution in [2.24, 2.45) is 0 Å². The summed E-state index contributed by atoms with van der Waals surface area (Å²) in [5.74, 6) is -0.423. The van der Waals surface area contributed by atoms with Gasteiger partial charge in [-0.2, -0.15) is 0 Å². The largest absolute Gasteiger partial charge is 0.463 e. The van der Waals surface area contributed by atoms with E-state index in [-0.39, 0.29) is 5.69 Å². The van der Waals surface area contributed by atoms with Gasteiger partial charge in [0.15, 0.2) is 0 Å². The van der Waals surface area contributed by atoms with Crippen molar-refractivity contribution in [3.8, 4) is 0 Å². The average molecular weight is 236 g/mol. The molecule has 0 radical (unpaired) electrons. The van der Waals surface area contributed by atoms with Gasteiger partial charge in [-0.05, 0) is 26.0 Å². The Hall–Kier alpha value is -2.24. The molecule has 0 aliphatic rings. The van der Waals surface area contributed by atoms with Crippen LogP contribution in [-0.2, 0) is 9.53 Å². The Kier molecular flexibility index (Phi) is 4.33. The summed E-state index contributed by atoms with van der Waals surface area (Å²) < 4.78 is 4.79. The maximum absolute atomic E-state index is 11.3. The Bertz CT molecular complexity index is 451. The summed E-state index contributed by atoms with van der Waals surface area (Å²) >= 11 is 0. The predicted molar refractivity (Wildman–Crippen MR) is 61.2 cm³/mol. The summed E-state index contributed by atoms with van der Waals surface area (Å²) in [6.07, 6.45) is 2.66. The molecule has 6 nitrogen and oxygen atoms in total. The highest BCUT2D eigenvalue weighted by atomic mass is 16.6. The number of pyridine rings is 1. The highest BCUT2D eigenvalue weighted by Gasteiger charge is 2.07. The van der Waals surface area contributed by atoms with E-state index in [0.29, 0.717) is 17.9 Å². The van der Waals surface area contributed by atoms with Gasteiger partial charge in [0.1, 0.15) is 6.20 Å². The molecular weight excluding hydrogens is 224 g/mol. The first-order valence-electron chi connectivity index (χ1n) is 5.00. The zero-order valence-electron chi connectivity index (χ0n) is 9.54. The van der Waals surface area contributed by atoms with Gasteiger partial charge in [0.25, 0.3) is 5.69 Å². The molecule has 0 saturated carbocycles. The third-order valence-corrected chi connectivity index (χ3v) is 1.94. The second kappa shape index (κ2) is 5.74. The van der Waals surface area contributed by atoms with Gasteiger partial charge in [-0.1, -0.05) is 0 Å². The zero-order valence-corrected chi connectivity index (χ0v) is 9.54. The van der Waals surface area contributed by atoms with Crippen molar-refractivity contribution in [2.45, 2.75) is 13.8 Å². The standard InChI is InChI=1S/C11H12N2O4/c1-3-17-11(14)8(2)6-9-4-5-10(7-12-9)13(15)16/h4-7H,3H2,1-2H3. The van der Waals surface area contributed by atoms with Gasteiger partial charge in [-0.15, -0.1) is 0 Å². The minimum absolute atomic E-state index is 0.0871. The van der Waals surface area contributed by atoms with Gasteiger partial charge >= 0.3 is 5.97 Å². The highest BCUT2D eigenvalue weighted by molar-refractivity contribution is 5.92. The molecule has 0 aliphatic heterocycles. The lowest BCUT2D eigenvalue weighted by Gasteiger charge is -2.00. The lowest BCUT2D eigenvalue weighted by molar-refractivity contribution is -0.385. The molecule has 0 aliphatic carbocycles. The van der Waals surface area contributed by atoms with Crippen molar-refractivity contribution in [3.63, 3.8) is 0 Å². The average Bonchev–Trinajstić information content (AvgIpc) is 2.30. The first-order valence-corrected chi connectivity index (χ1v) is 5.00. The molecule has 90 valence electrons. The van der Waals surface area contributed by atoms with Crippen LogP contribution in [0.3, 0.4) is 0 Å². The molecule has 0 unspecified atom stereocenters. The zero-order chi connectivity index (χ0) is 12.8. The van der Waals surface area contributed by atoms with Crippen molar-refractivity contribution in [3.05, 3.63) is 39.7 Å². The highest BCUT2D eigenvalue weighted by Crippen LogP contribution is 2.11. The maximum Gasteiger partial charge on any atom is 0.333 e. The summed E-state index contributed by atoms with van der Waals surface area (Å²) in [6.45, 7) is 3.62. The van der Waals surface area contributed by atoms with Gasteiger partial charge in [0.05, 0.1) is 17.2 Å². The van der Waals surface area contributed by atoms with E-state index < -0.39 is 10.9 Å². The molecule has 0 bridgehead atoms. The SMILES string of the molecule is CCOC(=O)C(C)=Cc1ccc([N+](=O)[O-])cn1. The van der Waals surface area contributed by atoms with E-state index in [1.807, 2.05) is 0 Å². The number of esters is 1. The van der Waals surface area contributed by atoms with Crippen LogP contribution >= 0.6 is 0 Å². The first kappa shape index (κ1) is 12.8. The van der Waals surface area contributed by atoms with Crippen LogP contribution in [0.4, 0.5) is 5.69 Å². The van der Waals surface area contributed by atoms with Crippen molar-refractivity contribution >= 4 is 17.7 Å². The molecule has 0 saturated heterocycles. The Balaban J connectivity index is 2.84. The Morgan fingerprint density at radius 3 is 2.76 bits per heavy atom. The van der Waals surface area contributed by atoms with E-state index in [1.165, 1.54) is 18.2 Å². The molecule has 1 aromatic heterocycles. The van der Waals surface area contributed by atoms with E-state index in [1.54, 1.807) is 13.8 Å². The van der Waals surface area contributed by atoms with Crippen molar-refractivity contribution in [2.75, 3.05) is 6.61 Å². The summed E-state index contributed by atoms with van der Waals surface area (Å²) in [6, 6.07) is 2.80. The second-order valence-corrected chi connectivity index (χ2v) is 3.25. The van der Waals surface area contributed by atoms with Crippen LogP contribution in [0, 0.1) is 10.1 Å². The van der Waals surface area contributed by atoms with Crippen molar-refractivity contribution in [1.29, 1.82) is 0 Å². The number of carbonyl (C=O) groups excluding carboxylic acids is 1. The summed E-state index contributed by atoms with van der Waals surface area (Å²) in [4.78, 5) is 25.0. The van der Waals surface area contributed by atoms with Gasteiger partial charge in [0, 0.05) is 11.6 Å².